The lowest BCUT2D eigenvalue weighted by molar-refractivity contribution is -0.169. The molecule has 0 rings (SSSR count). The first-order valence-corrected chi connectivity index (χ1v) is 4.94. The van der Waals surface area contributed by atoms with Crippen LogP contribution in [0.15, 0.2) is 0 Å². The van der Waals surface area contributed by atoms with Gasteiger partial charge in [0.15, 0.2) is 5.60 Å². The number of esters is 1. The molecular weight excluding hydrogens is 200 g/mol. The van der Waals surface area contributed by atoms with Crippen LogP contribution in [0.25, 0.3) is 0 Å². The molecule has 0 aliphatic rings. The molecule has 5 heteroatoms. The van der Waals surface area contributed by atoms with E-state index in [9.17, 15) is 9.90 Å². The molecule has 5 nitrogen and oxygen atoms in total. The minimum atomic E-state index is -1.60. The summed E-state index contributed by atoms with van der Waals surface area (Å²) in [4.78, 5) is 11.1. The van der Waals surface area contributed by atoms with Crippen LogP contribution in [-0.2, 0) is 19.0 Å². The molecule has 0 heterocycles. The topological polar surface area (TPSA) is 65.0 Å². The smallest absolute Gasteiger partial charge is 0.339 e. The zero-order valence-electron chi connectivity index (χ0n) is 9.78. The molecule has 0 aromatic rings. The molecule has 0 aromatic carbocycles. The number of methoxy groups -OCH3 is 1. The van der Waals surface area contributed by atoms with Crippen molar-refractivity contribution in [3.8, 4) is 0 Å². The molecule has 0 fully saturated rings. The molecule has 0 amide bonds. The van der Waals surface area contributed by atoms with Crippen molar-refractivity contribution in [1.29, 1.82) is 0 Å². The summed E-state index contributed by atoms with van der Waals surface area (Å²) in [5.74, 6) is -0.703. The summed E-state index contributed by atoms with van der Waals surface area (Å²) in [6.07, 6.45) is -0.166. The van der Waals surface area contributed by atoms with Crippen LogP contribution in [-0.4, -0.2) is 49.7 Å². The lowest BCUT2D eigenvalue weighted by Gasteiger charge is -2.22. The van der Waals surface area contributed by atoms with Crippen molar-refractivity contribution >= 4 is 5.97 Å². The van der Waals surface area contributed by atoms with Crippen LogP contribution in [0.2, 0.25) is 0 Å². The molecule has 0 aliphatic heterocycles. The molecule has 0 spiro atoms. The third-order valence-corrected chi connectivity index (χ3v) is 1.83. The molecule has 90 valence electrons. The van der Waals surface area contributed by atoms with Gasteiger partial charge < -0.3 is 19.3 Å². The fourth-order valence-corrected chi connectivity index (χ4v) is 0.915. The molecule has 0 aromatic heterocycles. The van der Waals surface area contributed by atoms with Gasteiger partial charge in [-0.05, 0) is 20.8 Å². The first-order chi connectivity index (χ1) is 6.94. The number of aliphatic hydroxyl groups is 1. The summed E-state index contributed by atoms with van der Waals surface area (Å²) >= 11 is 0. The van der Waals surface area contributed by atoms with Gasteiger partial charge in [0.25, 0.3) is 0 Å². The number of ether oxygens (including phenoxy) is 3. The SMILES string of the molecule is CCOCC(C)OCC(C)(O)C(=O)OC. The molecule has 0 saturated heterocycles. The Morgan fingerprint density at radius 1 is 1.53 bits per heavy atom. The van der Waals surface area contributed by atoms with Crippen molar-refractivity contribution in [2.45, 2.75) is 32.5 Å². The van der Waals surface area contributed by atoms with Gasteiger partial charge in [-0.1, -0.05) is 0 Å². The lowest BCUT2D eigenvalue weighted by Crippen LogP contribution is -2.42. The third-order valence-electron chi connectivity index (χ3n) is 1.83. The zero-order valence-corrected chi connectivity index (χ0v) is 9.78. The van der Waals surface area contributed by atoms with Crippen molar-refractivity contribution in [1.82, 2.24) is 0 Å². The summed E-state index contributed by atoms with van der Waals surface area (Å²) in [6, 6.07) is 0. The molecule has 1 N–H and O–H groups in total. The number of carbonyl (C=O) groups excluding carboxylic acids is 1. The normalized spacial score (nSPS) is 16.9. The molecule has 0 radical (unpaired) electrons. The first kappa shape index (κ1) is 14.3. The lowest BCUT2D eigenvalue weighted by atomic mass is 10.1. The van der Waals surface area contributed by atoms with Crippen LogP contribution in [0, 0.1) is 0 Å². The number of carbonyl (C=O) groups is 1. The van der Waals surface area contributed by atoms with Crippen molar-refractivity contribution in [3.05, 3.63) is 0 Å². The molecular formula is C10H20O5. The maximum absolute atomic E-state index is 11.1. The van der Waals surface area contributed by atoms with E-state index in [0.717, 1.165) is 0 Å². The Bertz CT molecular complexity index is 190. The average molecular weight is 220 g/mol. The largest absolute Gasteiger partial charge is 0.467 e. The quantitative estimate of drug-likeness (QED) is 0.627. The highest BCUT2D eigenvalue weighted by Crippen LogP contribution is 2.08. The van der Waals surface area contributed by atoms with E-state index >= 15 is 0 Å². The molecule has 15 heavy (non-hydrogen) atoms. The minimum Gasteiger partial charge on any atom is -0.467 e. The van der Waals surface area contributed by atoms with E-state index in [-0.39, 0.29) is 12.7 Å². The van der Waals surface area contributed by atoms with Crippen molar-refractivity contribution in [3.63, 3.8) is 0 Å². The molecule has 0 aliphatic carbocycles. The van der Waals surface area contributed by atoms with Crippen molar-refractivity contribution in [2.75, 3.05) is 26.9 Å². The van der Waals surface area contributed by atoms with Gasteiger partial charge in [0.1, 0.15) is 0 Å². The predicted octanol–water partition coefficient (Wildman–Crippen LogP) is 0.352. The highest BCUT2D eigenvalue weighted by molar-refractivity contribution is 5.78. The van der Waals surface area contributed by atoms with Crippen LogP contribution in [0.4, 0.5) is 0 Å². The van der Waals surface area contributed by atoms with Crippen LogP contribution in [0.5, 0.6) is 0 Å². The summed E-state index contributed by atoms with van der Waals surface area (Å²) in [5, 5.41) is 9.62. The monoisotopic (exact) mass is 220 g/mol. The Kier molecular flexibility index (Phi) is 6.47. The van der Waals surface area contributed by atoms with Gasteiger partial charge in [0.05, 0.1) is 26.4 Å². The standard InChI is InChI=1S/C10H20O5/c1-5-14-6-8(2)15-7-10(3,12)9(11)13-4/h8,12H,5-7H2,1-4H3. The summed E-state index contributed by atoms with van der Waals surface area (Å²) in [7, 11) is 1.22. The van der Waals surface area contributed by atoms with E-state index < -0.39 is 11.6 Å². The molecule has 0 bridgehead atoms. The fraction of sp³-hybridized carbons (Fsp3) is 0.900. The minimum absolute atomic E-state index is 0.103. The van der Waals surface area contributed by atoms with E-state index in [2.05, 4.69) is 4.74 Å². The Hall–Kier alpha value is -0.650. The van der Waals surface area contributed by atoms with Gasteiger partial charge in [-0.2, -0.15) is 0 Å². The van der Waals surface area contributed by atoms with Gasteiger partial charge in [0, 0.05) is 6.61 Å². The van der Waals surface area contributed by atoms with Gasteiger partial charge in [-0.25, -0.2) is 4.79 Å². The van der Waals surface area contributed by atoms with Crippen molar-refractivity contribution in [2.24, 2.45) is 0 Å². The molecule has 2 atom stereocenters. The van der Waals surface area contributed by atoms with Crippen LogP contribution in [0.3, 0.4) is 0 Å². The predicted molar refractivity (Wildman–Crippen MR) is 54.5 cm³/mol. The van der Waals surface area contributed by atoms with Gasteiger partial charge in [-0.15, -0.1) is 0 Å². The van der Waals surface area contributed by atoms with E-state index in [1.54, 1.807) is 0 Å². The van der Waals surface area contributed by atoms with E-state index in [4.69, 9.17) is 9.47 Å². The van der Waals surface area contributed by atoms with Crippen LogP contribution < -0.4 is 0 Å². The third kappa shape index (κ3) is 5.71. The Morgan fingerprint density at radius 2 is 2.13 bits per heavy atom. The Balaban J connectivity index is 3.87. The zero-order chi connectivity index (χ0) is 11.9. The van der Waals surface area contributed by atoms with Crippen molar-refractivity contribution < 1.29 is 24.1 Å². The summed E-state index contributed by atoms with van der Waals surface area (Å²) in [6.45, 7) is 6.00. The second-order valence-electron chi connectivity index (χ2n) is 3.55. The maximum atomic E-state index is 11.1. The molecule has 0 saturated carbocycles. The Morgan fingerprint density at radius 3 is 2.60 bits per heavy atom. The highest BCUT2D eigenvalue weighted by Gasteiger charge is 2.32. The number of hydrogen-bond acceptors (Lipinski definition) is 5. The summed E-state index contributed by atoms with van der Waals surface area (Å²) < 4.78 is 14.8. The number of hydrogen-bond donors (Lipinski definition) is 1. The van der Waals surface area contributed by atoms with Gasteiger partial charge >= 0.3 is 5.97 Å². The second-order valence-corrected chi connectivity index (χ2v) is 3.55. The first-order valence-electron chi connectivity index (χ1n) is 4.94. The highest BCUT2D eigenvalue weighted by atomic mass is 16.6. The Labute approximate surface area is 90.3 Å². The maximum Gasteiger partial charge on any atom is 0.339 e. The fourth-order valence-electron chi connectivity index (χ4n) is 0.915. The van der Waals surface area contributed by atoms with E-state index in [1.165, 1.54) is 14.0 Å². The average Bonchev–Trinajstić information content (AvgIpc) is 2.22. The second kappa shape index (κ2) is 6.76. The van der Waals surface area contributed by atoms with Crippen LogP contribution >= 0.6 is 0 Å². The van der Waals surface area contributed by atoms with Crippen LogP contribution in [0.1, 0.15) is 20.8 Å². The van der Waals surface area contributed by atoms with E-state index in [0.29, 0.717) is 13.2 Å². The summed E-state index contributed by atoms with van der Waals surface area (Å²) in [5.41, 5.74) is -1.60. The van der Waals surface area contributed by atoms with Gasteiger partial charge in [-0.3, -0.25) is 0 Å². The van der Waals surface area contributed by atoms with E-state index in [1.807, 2.05) is 13.8 Å². The molecule has 2 unspecified atom stereocenters. The van der Waals surface area contributed by atoms with Gasteiger partial charge in [0.2, 0.25) is 0 Å². The number of rotatable bonds is 7.